The van der Waals surface area contributed by atoms with Gasteiger partial charge >= 0.3 is 7.12 Å². The van der Waals surface area contributed by atoms with Crippen LogP contribution in [0.15, 0.2) is 286 Å². The molecule has 21 heteroatoms. The molecule has 1 saturated heterocycles. The second-order valence-corrected chi connectivity index (χ2v) is 31.2. The molecular weight excluding hydrogens is 1640 g/mol. The Balaban J connectivity index is 0.000000125. The molecule has 0 bridgehead atoms. The lowest BCUT2D eigenvalue weighted by Gasteiger charge is -2.32. The lowest BCUT2D eigenvalue weighted by atomic mass is 9.78. The highest BCUT2D eigenvalue weighted by molar-refractivity contribution is 9.11. The largest absolute Gasteiger partial charge is 0.496 e. The van der Waals surface area contributed by atoms with Crippen LogP contribution in [0.5, 0.6) is 0 Å². The van der Waals surface area contributed by atoms with Gasteiger partial charge in [0.25, 0.3) is 0 Å². The molecule has 17 rings (SSSR count). The first-order chi connectivity index (χ1) is 51.4. The van der Waals surface area contributed by atoms with E-state index in [1.54, 1.807) is 12.3 Å². The smallest absolute Gasteiger partial charge is 0.399 e. The van der Waals surface area contributed by atoms with Crippen LogP contribution in [-0.2, 0) is 31.7 Å². The molecule has 0 aliphatic carbocycles. The van der Waals surface area contributed by atoms with E-state index >= 15 is 0 Å². The summed E-state index contributed by atoms with van der Waals surface area (Å²) in [5.74, 6) is 2.96. The number of amides is 2. The molecule has 540 valence electrons. The van der Waals surface area contributed by atoms with E-state index < -0.39 is 18.3 Å². The second-order valence-electron chi connectivity index (χ2n) is 26.7. The lowest BCUT2D eigenvalue weighted by Crippen LogP contribution is -2.41. The van der Waals surface area contributed by atoms with Gasteiger partial charge in [0.1, 0.15) is 17.5 Å². The van der Waals surface area contributed by atoms with Crippen molar-refractivity contribution < 1.29 is 18.9 Å². The monoisotopic (exact) mass is 1710 g/mol. The maximum atomic E-state index is 11.6. The van der Waals surface area contributed by atoms with Gasteiger partial charge in [-0.25, -0.2) is 15.0 Å². The molecule has 7 heterocycles. The third-order valence-electron chi connectivity index (χ3n) is 18.8. The van der Waals surface area contributed by atoms with E-state index in [0.717, 1.165) is 103 Å². The third-order valence-corrected chi connectivity index (χ3v) is 21.5. The first-order valence-electron chi connectivity index (χ1n) is 34.6. The average Bonchev–Trinajstić information content (AvgIpc) is 1.62. The van der Waals surface area contributed by atoms with Crippen LogP contribution in [0.4, 0.5) is 11.4 Å². The summed E-state index contributed by atoms with van der Waals surface area (Å²) in [6.07, 6.45) is 16.4. The van der Waals surface area contributed by atoms with Crippen molar-refractivity contribution in [1.82, 2.24) is 39.3 Å². The quantitative estimate of drug-likeness (QED) is 0.103. The minimum Gasteiger partial charge on any atom is -0.399 e. The van der Waals surface area contributed by atoms with Crippen molar-refractivity contribution in [3.05, 3.63) is 325 Å². The molecule has 13 aromatic rings. The zero-order valence-corrected chi connectivity index (χ0v) is 67.9. The predicted molar refractivity (Wildman–Crippen MR) is 451 cm³/mol. The van der Waals surface area contributed by atoms with Gasteiger partial charge in [-0.15, -0.1) is 0 Å². The van der Waals surface area contributed by atoms with Crippen molar-refractivity contribution in [2.75, 3.05) is 10.6 Å². The number of aryl methyl sites for hydroxylation is 3. The Hall–Kier alpha value is -9.41. The van der Waals surface area contributed by atoms with Crippen molar-refractivity contribution in [2.45, 2.75) is 85.6 Å². The van der Waals surface area contributed by atoms with Gasteiger partial charge in [-0.1, -0.05) is 202 Å². The number of fused-ring (bicyclic) bond motifs is 2. The maximum Gasteiger partial charge on any atom is 0.496 e. The van der Waals surface area contributed by atoms with Gasteiger partial charge in [-0.2, -0.15) is 0 Å². The molecule has 3 aromatic heterocycles. The fourth-order valence-corrected chi connectivity index (χ4v) is 13.7. The number of hydrogen-bond donors (Lipinski definition) is 4. The number of imidazole rings is 3. The Morgan fingerprint density at radius 3 is 0.981 bits per heavy atom. The van der Waals surface area contributed by atoms with Gasteiger partial charge in [0.05, 0.1) is 35.2 Å². The van der Waals surface area contributed by atoms with Crippen molar-refractivity contribution >= 4 is 123 Å². The highest BCUT2D eigenvalue weighted by atomic mass is 79.9. The summed E-state index contributed by atoms with van der Waals surface area (Å²) < 4.78 is 22.6. The molecule has 10 aromatic carbocycles. The summed E-state index contributed by atoms with van der Waals surface area (Å²) in [6.45, 7) is 16.0. The van der Waals surface area contributed by atoms with E-state index in [0.29, 0.717) is 29.1 Å². The van der Waals surface area contributed by atoms with Gasteiger partial charge in [-0.05, 0) is 220 Å². The van der Waals surface area contributed by atoms with Crippen LogP contribution in [0, 0.1) is 20.8 Å². The Morgan fingerprint density at radius 2 is 0.692 bits per heavy atom. The van der Waals surface area contributed by atoms with Crippen molar-refractivity contribution in [3.63, 3.8) is 0 Å². The third kappa shape index (κ3) is 19.5. The van der Waals surface area contributed by atoms with E-state index in [-0.39, 0.29) is 11.8 Å². The number of carbonyl (C=O) groups excluding carboxylic acids is 2. The molecule has 0 spiro atoms. The Labute approximate surface area is 668 Å². The molecule has 0 radical (unpaired) electrons. The number of anilines is 2. The van der Waals surface area contributed by atoms with E-state index in [1.807, 2.05) is 110 Å². The zero-order valence-electron chi connectivity index (χ0n) is 60.1. The van der Waals surface area contributed by atoms with Gasteiger partial charge in [0, 0.05) is 112 Å². The van der Waals surface area contributed by atoms with Crippen LogP contribution in [0.3, 0.4) is 0 Å². The van der Waals surface area contributed by atoms with Gasteiger partial charge < -0.3 is 44.3 Å². The van der Waals surface area contributed by atoms with Crippen molar-refractivity contribution in [2.24, 2.45) is 0 Å². The second kappa shape index (κ2) is 34.7. The summed E-state index contributed by atoms with van der Waals surface area (Å²) >= 11 is 26.5. The Morgan fingerprint density at radius 1 is 0.411 bits per heavy atom. The van der Waals surface area contributed by atoms with Crippen LogP contribution in [0.2, 0.25) is 10.0 Å². The molecule has 0 saturated carbocycles. The topological polar surface area (TPSA) is 154 Å². The molecular formula is C86H77BBr4Cl2N10O4. The first kappa shape index (κ1) is 77.2. The Bertz CT molecular complexity index is 5080. The highest BCUT2D eigenvalue weighted by Crippen LogP contribution is 2.40. The summed E-state index contributed by atoms with van der Waals surface area (Å²) in [4.78, 5) is 35.8. The fraction of sp³-hybridized carbons (Fsp3) is 0.151. The van der Waals surface area contributed by atoms with E-state index in [1.165, 1.54) is 33.4 Å². The lowest BCUT2D eigenvalue weighted by molar-refractivity contribution is -0.115. The van der Waals surface area contributed by atoms with Gasteiger partial charge in [-0.3, -0.25) is 9.59 Å². The predicted octanol–water partition coefficient (Wildman–Crippen LogP) is 21.9. The van der Waals surface area contributed by atoms with Gasteiger partial charge in [0.15, 0.2) is 0 Å². The molecule has 4 aliphatic heterocycles. The SMILES string of the molecule is Brc1ccc(-c2ccc(Br)cc2)cc1.CC1(C)OB(c2cc3c(cc2Cl)NC(=O)C3)OC1(C)C.CC1NC=CN1.Cc1nccn1-c1ccc(-c2ccc(-c3cc4c(cc3Cl)NC(=O)C4)cc2)cc1.Cc1nccn1-c1ccc(-c2ccc(Br)cc2)cc1.Cc1nccn1-c1ccc(-c2ccc(Br)cc2)cc1. The molecule has 1 fully saturated rings. The van der Waals surface area contributed by atoms with Crippen LogP contribution in [0.25, 0.3) is 72.7 Å². The maximum absolute atomic E-state index is 11.6. The molecule has 0 atom stereocenters. The van der Waals surface area contributed by atoms with Gasteiger partial charge in [0.2, 0.25) is 11.8 Å². The number of aromatic nitrogens is 6. The van der Waals surface area contributed by atoms with Crippen molar-refractivity contribution in [1.29, 1.82) is 0 Å². The van der Waals surface area contributed by atoms with Crippen LogP contribution in [-0.4, -0.2) is 65.0 Å². The number of benzene rings is 10. The molecule has 107 heavy (non-hydrogen) atoms. The molecule has 4 N–H and O–H groups in total. The summed E-state index contributed by atoms with van der Waals surface area (Å²) in [6, 6.07) is 74.6. The summed E-state index contributed by atoms with van der Waals surface area (Å²) in [5, 5.41) is 12.9. The van der Waals surface area contributed by atoms with E-state index in [9.17, 15) is 9.59 Å². The number of carbonyl (C=O) groups is 2. The van der Waals surface area contributed by atoms with E-state index in [4.69, 9.17) is 32.5 Å². The number of nitrogens with zero attached hydrogens (tertiary/aromatic N) is 6. The van der Waals surface area contributed by atoms with Crippen LogP contribution >= 0.6 is 86.9 Å². The first-order valence-corrected chi connectivity index (χ1v) is 38.6. The number of hydrogen-bond acceptors (Lipinski definition) is 9. The standard InChI is InChI=1S/C24H18ClN3O.2C16H13BrN2.C14H17BClNO3.C12H8Br2.C4H8N2/c1-15-26-10-11-28(15)20-8-6-17(7-9-20)16-2-4-18(5-3-16)21-12-19-13-24(29)27-23(19)14-22(21)25;2*1-12-18-10-11-19(12)16-8-4-14(5-9-16)13-2-6-15(17)7-3-13;1-13(2)14(3,4)20-15(19-13)9-5-8-6-12(18)17-11(8)7-10(9)16;13-11-5-1-9(2-6-11)10-3-7-12(14)8-4-10;1-4-5-2-3-6-4/h2-12,14H,13H2,1H3,(H,27,29);2*2-11H,1H3;5,7H,6H2,1-4H3,(H,17,18);1-8H;2-6H,1H3. The van der Waals surface area contributed by atoms with Crippen LogP contribution < -0.4 is 26.7 Å². The molecule has 4 aliphatic rings. The van der Waals surface area contributed by atoms with Crippen molar-refractivity contribution in [3.8, 4) is 72.7 Å². The molecule has 14 nitrogen and oxygen atoms in total. The normalized spacial score (nSPS) is 13.9. The highest BCUT2D eigenvalue weighted by Gasteiger charge is 2.52. The fourth-order valence-electron chi connectivity index (χ4n) is 12.1. The number of nitrogens with one attached hydrogen (secondary N) is 4. The number of rotatable bonds is 9. The number of halogens is 6. The summed E-state index contributed by atoms with van der Waals surface area (Å²) in [7, 11) is -0.506. The average molecular weight is 1720 g/mol. The minimum absolute atomic E-state index is 0.0119. The minimum atomic E-state index is -0.506. The Kier molecular flexibility index (Phi) is 25.0. The zero-order chi connectivity index (χ0) is 75.5. The summed E-state index contributed by atoms with van der Waals surface area (Å²) in [5.41, 5.74) is 18.4. The molecule has 0 unspecified atom stereocenters. The molecule has 2 amide bonds. The van der Waals surface area contributed by atoms with E-state index in [2.05, 4.69) is 315 Å². The van der Waals surface area contributed by atoms with Crippen LogP contribution in [0.1, 0.15) is 63.2 Å².